The smallest absolute Gasteiger partial charge is 0.323 e. The van der Waals surface area contributed by atoms with Gasteiger partial charge in [-0.05, 0) is 0 Å². The lowest BCUT2D eigenvalue weighted by Crippen LogP contribution is -2.39. The van der Waals surface area contributed by atoms with E-state index in [1.54, 1.807) is 0 Å². The van der Waals surface area contributed by atoms with Crippen molar-refractivity contribution in [3.05, 3.63) is 16.7 Å². The zero-order chi connectivity index (χ0) is 22.3. The van der Waals surface area contributed by atoms with Crippen molar-refractivity contribution >= 4 is 54.3 Å². The molecule has 30 heavy (non-hydrogen) atoms. The fourth-order valence-electron chi connectivity index (χ4n) is 2.11. The molecule has 166 valence electrons. The Hall–Kier alpha value is -2.33. The molecule has 0 bridgehead atoms. The summed E-state index contributed by atoms with van der Waals surface area (Å²) < 4.78 is 17.2. The van der Waals surface area contributed by atoms with Crippen LogP contribution in [-0.4, -0.2) is 74.4 Å². The van der Waals surface area contributed by atoms with E-state index in [2.05, 4.69) is 40.2 Å². The van der Waals surface area contributed by atoms with Gasteiger partial charge in [-0.15, -0.1) is 0 Å². The number of aromatic nitrogens is 4. The summed E-state index contributed by atoms with van der Waals surface area (Å²) in [6.07, 6.45) is 0.462. The number of aromatic amines is 1. The predicted molar refractivity (Wildman–Crippen MR) is 113 cm³/mol. The lowest BCUT2D eigenvalue weighted by atomic mass is 10.3. The van der Waals surface area contributed by atoms with Gasteiger partial charge in [-0.3, -0.25) is 23.9 Å². The van der Waals surface area contributed by atoms with Crippen molar-refractivity contribution in [1.29, 1.82) is 0 Å². The third kappa shape index (κ3) is 6.33. The number of nitrogens with one attached hydrogen (secondary N) is 1. The highest BCUT2D eigenvalue weighted by Gasteiger charge is 2.21. The zero-order valence-electron chi connectivity index (χ0n) is 15.8. The van der Waals surface area contributed by atoms with Crippen molar-refractivity contribution in [3.63, 3.8) is 0 Å². The number of nitrogen functional groups attached to an aromatic ring is 1. The summed E-state index contributed by atoms with van der Waals surface area (Å²) in [5.41, 5.74) is 16.4. The molecule has 0 aromatic carbocycles. The van der Waals surface area contributed by atoms with Gasteiger partial charge in [0.25, 0.3) is 5.56 Å². The Morgan fingerprint density at radius 2 is 1.70 bits per heavy atom. The summed E-state index contributed by atoms with van der Waals surface area (Å²) in [4.78, 5) is 45.7. The molecule has 0 aliphatic heterocycles. The largest absolute Gasteiger partial charge is 0.462 e. The van der Waals surface area contributed by atoms with Crippen molar-refractivity contribution in [1.82, 2.24) is 19.5 Å². The molecule has 0 saturated heterocycles. The molecule has 2 aromatic rings. The second-order valence-electron chi connectivity index (χ2n) is 6.09. The number of rotatable bonds is 11. The van der Waals surface area contributed by atoms with Crippen LogP contribution in [-0.2, 0) is 30.5 Å². The molecule has 13 nitrogen and oxygen atoms in total. The van der Waals surface area contributed by atoms with Gasteiger partial charge in [0.15, 0.2) is 11.2 Å². The minimum absolute atomic E-state index is 0.0710. The number of ether oxygens (including phenoxy) is 3. The van der Waals surface area contributed by atoms with Crippen molar-refractivity contribution in [2.24, 2.45) is 11.5 Å². The Bertz CT molecular complexity index is 910. The normalized spacial score (nSPS) is 14.3. The third-order valence-electron chi connectivity index (χ3n) is 3.76. The molecule has 0 saturated carbocycles. The van der Waals surface area contributed by atoms with Crippen LogP contribution in [0.1, 0.15) is 0 Å². The van der Waals surface area contributed by atoms with Crippen molar-refractivity contribution in [3.8, 4) is 0 Å². The first-order valence-electron chi connectivity index (χ1n) is 8.65. The van der Waals surface area contributed by atoms with Gasteiger partial charge in [-0.1, -0.05) is 0 Å². The van der Waals surface area contributed by atoms with Gasteiger partial charge in [0.1, 0.15) is 38.1 Å². The van der Waals surface area contributed by atoms with E-state index >= 15 is 0 Å². The van der Waals surface area contributed by atoms with Gasteiger partial charge in [0, 0.05) is 11.5 Å². The van der Waals surface area contributed by atoms with Crippen LogP contribution in [0.25, 0.3) is 11.2 Å². The van der Waals surface area contributed by atoms with Crippen LogP contribution in [0.4, 0.5) is 5.95 Å². The van der Waals surface area contributed by atoms with Gasteiger partial charge in [-0.2, -0.15) is 30.2 Å². The minimum Gasteiger partial charge on any atom is -0.462 e. The van der Waals surface area contributed by atoms with Gasteiger partial charge in [0.2, 0.25) is 5.95 Å². The maximum atomic E-state index is 11.8. The number of carbonyl (C=O) groups is 2. The Labute approximate surface area is 181 Å². The topological polar surface area (TPSA) is 203 Å². The standard InChI is InChI=1S/C15H23N7O6S2/c16-8(3-29)13(24)26-1-7(2-27-14(25)9(17)4-30)28-6-22-5-19-10-11(22)20-15(18)21-12(10)23/h5,7-9,29-30H,1-4,6,16-17H2,(H3,18,20,21,23). The minimum atomic E-state index is -0.911. The van der Waals surface area contributed by atoms with Gasteiger partial charge in [0.05, 0.1) is 6.33 Å². The number of nitrogens with two attached hydrogens (primary N) is 3. The molecule has 2 unspecified atom stereocenters. The number of fused-ring (bicyclic) bond motifs is 1. The molecule has 2 heterocycles. The van der Waals surface area contributed by atoms with Crippen molar-refractivity contribution in [2.75, 3.05) is 30.5 Å². The van der Waals surface area contributed by atoms with Crippen LogP contribution in [0.3, 0.4) is 0 Å². The fraction of sp³-hybridized carbons (Fsp3) is 0.533. The maximum Gasteiger partial charge on any atom is 0.323 e. The molecule has 0 radical (unpaired) electrons. The molecule has 0 spiro atoms. The van der Waals surface area contributed by atoms with Crippen molar-refractivity contribution in [2.45, 2.75) is 24.9 Å². The van der Waals surface area contributed by atoms with E-state index in [0.717, 1.165) is 0 Å². The highest BCUT2D eigenvalue weighted by molar-refractivity contribution is 7.80. The SMILES string of the molecule is Nc1nc2c(ncn2COC(COC(=O)C(N)CS)COC(=O)C(N)CS)c(=O)[nH]1. The van der Waals surface area contributed by atoms with E-state index < -0.39 is 35.7 Å². The first-order chi connectivity index (χ1) is 14.3. The Kier molecular flexibility index (Phi) is 8.91. The van der Waals surface area contributed by atoms with Crippen LogP contribution in [0.2, 0.25) is 0 Å². The maximum absolute atomic E-state index is 11.8. The summed E-state index contributed by atoms with van der Waals surface area (Å²) in [7, 11) is 0. The molecule has 15 heteroatoms. The second kappa shape index (κ2) is 11.2. The number of carbonyl (C=O) groups excluding carboxylic acids is 2. The lowest BCUT2D eigenvalue weighted by molar-refractivity contribution is -0.158. The molecule has 0 amide bonds. The van der Waals surface area contributed by atoms with Gasteiger partial charge >= 0.3 is 11.9 Å². The van der Waals surface area contributed by atoms with E-state index in [1.165, 1.54) is 10.9 Å². The second-order valence-corrected chi connectivity index (χ2v) is 6.82. The summed E-state index contributed by atoms with van der Waals surface area (Å²) in [5, 5.41) is 0. The molecule has 0 aliphatic carbocycles. The van der Waals surface area contributed by atoms with Gasteiger partial charge < -0.3 is 31.4 Å². The lowest BCUT2D eigenvalue weighted by Gasteiger charge is -2.20. The summed E-state index contributed by atoms with van der Waals surface area (Å²) in [6, 6.07) is -1.82. The van der Waals surface area contributed by atoms with Crippen molar-refractivity contribution < 1.29 is 23.8 Å². The van der Waals surface area contributed by atoms with E-state index in [1.807, 2.05) is 0 Å². The number of hydrogen-bond acceptors (Lipinski definition) is 13. The molecular formula is C15H23N7O6S2. The third-order valence-corrected chi connectivity index (χ3v) is 4.55. The van der Waals surface area contributed by atoms with Crippen LogP contribution in [0.5, 0.6) is 0 Å². The predicted octanol–water partition coefficient (Wildman–Crippen LogP) is -2.35. The molecular weight excluding hydrogens is 438 g/mol. The van der Waals surface area contributed by atoms with E-state index in [4.69, 9.17) is 31.4 Å². The Balaban J connectivity index is 2.07. The first-order valence-corrected chi connectivity index (χ1v) is 9.91. The molecule has 2 rings (SSSR count). The monoisotopic (exact) mass is 461 g/mol. The number of esters is 2. The molecule has 0 fully saturated rings. The summed E-state index contributed by atoms with van der Waals surface area (Å²) >= 11 is 7.86. The quantitative estimate of drug-likeness (QED) is 0.154. The number of imidazole rings is 1. The molecule has 2 atom stereocenters. The van der Waals surface area contributed by atoms with Crippen LogP contribution < -0.4 is 22.8 Å². The van der Waals surface area contributed by atoms with Crippen LogP contribution in [0.15, 0.2) is 11.1 Å². The fourth-order valence-corrected chi connectivity index (χ4v) is 2.41. The number of hydrogen-bond donors (Lipinski definition) is 6. The summed E-state index contributed by atoms with van der Waals surface area (Å²) in [5.74, 6) is -1.27. The molecule has 7 N–H and O–H groups in total. The number of anilines is 1. The molecule has 2 aromatic heterocycles. The van der Waals surface area contributed by atoms with Crippen LogP contribution >= 0.6 is 25.3 Å². The van der Waals surface area contributed by atoms with E-state index in [9.17, 15) is 14.4 Å². The average Bonchev–Trinajstić information content (AvgIpc) is 3.14. The Morgan fingerprint density at radius 3 is 2.23 bits per heavy atom. The Morgan fingerprint density at radius 1 is 1.13 bits per heavy atom. The first kappa shape index (κ1) is 23.9. The van der Waals surface area contributed by atoms with E-state index in [0.29, 0.717) is 0 Å². The van der Waals surface area contributed by atoms with E-state index in [-0.39, 0.29) is 48.6 Å². The van der Waals surface area contributed by atoms with Gasteiger partial charge in [-0.25, -0.2) is 4.98 Å². The highest BCUT2D eigenvalue weighted by atomic mass is 32.1. The number of nitrogens with zero attached hydrogens (tertiary/aromatic N) is 3. The number of H-pyrrole nitrogens is 1. The molecule has 0 aliphatic rings. The highest BCUT2D eigenvalue weighted by Crippen LogP contribution is 2.08. The average molecular weight is 462 g/mol. The van der Waals surface area contributed by atoms with Crippen LogP contribution in [0, 0.1) is 0 Å². The summed E-state index contributed by atoms with van der Waals surface area (Å²) in [6.45, 7) is -0.664. The number of thiol groups is 2. The zero-order valence-corrected chi connectivity index (χ0v) is 17.6.